The van der Waals surface area contributed by atoms with Gasteiger partial charge in [0.15, 0.2) is 0 Å². The predicted octanol–water partition coefficient (Wildman–Crippen LogP) is 3.56. The van der Waals surface area contributed by atoms with Crippen molar-refractivity contribution >= 4 is 28.6 Å². The molecule has 0 aliphatic carbocycles. The molecule has 3 aromatic carbocycles. The van der Waals surface area contributed by atoms with Crippen molar-refractivity contribution in [1.82, 2.24) is 30.0 Å². The van der Waals surface area contributed by atoms with Crippen LogP contribution in [0.4, 0.5) is 0 Å². The van der Waals surface area contributed by atoms with Crippen molar-refractivity contribution in [3.63, 3.8) is 0 Å². The fourth-order valence-electron chi connectivity index (χ4n) is 6.33. The third-order valence-electron chi connectivity index (χ3n) is 8.48. The zero-order valence-corrected chi connectivity index (χ0v) is 24.7. The molecule has 2 N–H and O–H groups in total. The normalized spacial score (nSPS) is 19.0. The zero-order chi connectivity index (χ0) is 30.8. The summed E-state index contributed by atoms with van der Waals surface area (Å²) in [5.74, 6) is -0.414. The molecule has 10 heteroatoms. The summed E-state index contributed by atoms with van der Waals surface area (Å²) in [5, 5.41) is 21.8. The summed E-state index contributed by atoms with van der Waals surface area (Å²) in [7, 11) is 0. The molecule has 2 aliphatic rings. The van der Waals surface area contributed by atoms with Gasteiger partial charge in [-0.1, -0.05) is 66.7 Å². The van der Waals surface area contributed by atoms with E-state index < -0.39 is 12.2 Å². The van der Waals surface area contributed by atoms with E-state index in [1.54, 1.807) is 50.2 Å². The molecule has 0 saturated carbocycles. The molecule has 6 rings (SSSR count). The average Bonchev–Trinajstić information content (AvgIpc) is 3.41. The lowest BCUT2D eigenvalue weighted by Crippen LogP contribution is -2.75. The van der Waals surface area contributed by atoms with Gasteiger partial charge in [0.1, 0.15) is 18.0 Å². The Morgan fingerprint density at radius 1 is 1.05 bits per heavy atom. The molecule has 2 fully saturated rings. The number of para-hydroxylation sites is 1. The first-order valence-corrected chi connectivity index (χ1v) is 14.9. The Hall–Kier alpha value is -4.96. The molecule has 44 heavy (non-hydrogen) atoms. The highest BCUT2D eigenvalue weighted by Crippen LogP contribution is 2.31. The summed E-state index contributed by atoms with van der Waals surface area (Å²) >= 11 is 0. The predicted molar refractivity (Wildman–Crippen MR) is 166 cm³/mol. The number of hydrazine groups is 1. The Bertz CT molecular complexity index is 1690. The maximum atomic E-state index is 14.3. The number of nitrogens with zero attached hydrogens (tertiary/aromatic N) is 5. The number of aromatic hydroxyl groups is 1. The molecule has 0 bridgehead atoms. The van der Waals surface area contributed by atoms with Crippen LogP contribution >= 0.6 is 0 Å². The quantitative estimate of drug-likeness (QED) is 0.288. The van der Waals surface area contributed by atoms with Gasteiger partial charge >= 0.3 is 0 Å². The van der Waals surface area contributed by atoms with E-state index in [1.807, 2.05) is 55.5 Å². The van der Waals surface area contributed by atoms with E-state index in [1.165, 1.54) is 0 Å². The molecule has 3 heterocycles. The first-order chi connectivity index (χ1) is 21.3. The van der Waals surface area contributed by atoms with Gasteiger partial charge in [0.25, 0.3) is 0 Å². The van der Waals surface area contributed by atoms with Crippen molar-refractivity contribution in [3.8, 4) is 5.75 Å². The van der Waals surface area contributed by atoms with E-state index >= 15 is 0 Å². The Labute approximate surface area is 256 Å². The van der Waals surface area contributed by atoms with E-state index in [-0.39, 0.29) is 55.9 Å². The van der Waals surface area contributed by atoms with E-state index in [4.69, 9.17) is 0 Å². The number of fused-ring (bicyclic) bond motifs is 2. The molecule has 2 saturated heterocycles. The van der Waals surface area contributed by atoms with Crippen molar-refractivity contribution < 1.29 is 19.5 Å². The molecular weight excluding hydrogens is 556 g/mol. The average molecular weight is 593 g/mol. The number of carbonyl (C=O) groups is 3. The summed E-state index contributed by atoms with van der Waals surface area (Å²) in [6.07, 6.45) is 2.04. The smallest absolute Gasteiger partial charge is 0.246 e. The largest absolute Gasteiger partial charge is 0.508 e. The number of aryl methyl sites for hydroxylation is 2. The van der Waals surface area contributed by atoms with Crippen LogP contribution in [0.2, 0.25) is 0 Å². The number of benzene rings is 3. The van der Waals surface area contributed by atoms with E-state index in [2.05, 4.69) is 16.8 Å². The Morgan fingerprint density at radius 2 is 1.82 bits per heavy atom. The van der Waals surface area contributed by atoms with Crippen LogP contribution in [0.25, 0.3) is 10.9 Å². The Morgan fingerprint density at radius 3 is 2.57 bits per heavy atom. The van der Waals surface area contributed by atoms with Crippen LogP contribution in [-0.2, 0) is 33.8 Å². The minimum Gasteiger partial charge on any atom is -0.508 e. The fourth-order valence-corrected chi connectivity index (χ4v) is 6.33. The van der Waals surface area contributed by atoms with E-state index in [9.17, 15) is 19.5 Å². The maximum Gasteiger partial charge on any atom is 0.246 e. The number of phenolic OH excluding ortho intramolecular Hbond substituents is 1. The monoisotopic (exact) mass is 592 g/mol. The van der Waals surface area contributed by atoms with Crippen LogP contribution in [0.3, 0.4) is 0 Å². The highest BCUT2D eigenvalue weighted by atomic mass is 16.3. The van der Waals surface area contributed by atoms with Gasteiger partial charge in [0, 0.05) is 37.0 Å². The number of H-pyrrole nitrogens is 1. The second-order valence-electron chi connectivity index (χ2n) is 11.4. The van der Waals surface area contributed by atoms with Gasteiger partial charge in [-0.15, -0.1) is 6.58 Å². The number of carbonyl (C=O) groups excluding carboxylic acids is 3. The molecular formula is C34H36N6O4. The van der Waals surface area contributed by atoms with Gasteiger partial charge in [-0.05, 0) is 42.2 Å². The van der Waals surface area contributed by atoms with Gasteiger partial charge < -0.3 is 14.9 Å². The van der Waals surface area contributed by atoms with Crippen molar-refractivity contribution in [2.75, 3.05) is 19.6 Å². The highest BCUT2D eigenvalue weighted by Gasteiger charge is 2.51. The molecule has 4 aromatic rings. The van der Waals surface area contributed by atoms with Crippen LogP contribution < -0.4 is 0 Å². The number of amides is 3. The number of hydrogen-bond acceptors (Lipinski definition) is 6. The number of aromatic amines is 1. The van der Waals surface area contributed by atoms with Crippen molar-refractivity contribution in [1.29, 1.82) is 0 Å². The van der Waals surface area contributed by atoms with Crippen molar-refractivity contribution in [2.24, 2.45) is 0 Å². The van der Waals surface area contributed by atoms with Gasteiger partial charge in [-0.2, -0.15) is 5.10 Å². The SMILES string of the molecule is C=CCN1CC(=O)N2[C@@H](Cc3ccc(O)cc3)C(=O)N(Cc3cccc4c(C)[nH]nc34)C[C@@H]2N1C(=O)CCc1ccccc1. The van der Waals surface area contributed by atoms with Crippen LogP contribution in [-0.4, -0.2) is 84.7 Å². The Balaban J connectivity index is 1.37. The summed E-state index contributed by atoms with van der Waals surface area (Å²) < 4.78 is 0. The lowest BCUT2D eigenvalue weighted by Gasteiger charge is -2.55. The van der Waals surface area contributed by atoms with Crippen molar-refractivity contribution in [3.05, 3.63) is 108 Å². The lowest BCUT2D eigenvalue weighted by molar-refractivity contribution is -0.205. The molecule has 2 aliphatic heterocycles. The third-order valence-corrected chi connectivity index (χ3v) is 8.48. The topological polar surface area (TPSA) is 113 Å². The molecule has 1 aromatic heterocycles. The van der Waals surface area contributed by atoms with Crippen LogP contribution in [0.15, 0.2) is 85.5 Å². The molecule has 10 nitrogen and oxygen atoms in total. The second kappa shape index (κ2) is 12.3. The third kappa shape index (κ3) is 5.68. The van der Waals surface area contributed by atoms with Crippen LogP contribution in [0, 0.1) is 6.92 Å². The first-order valence-electron chi connectivity index (χ1n) is 14.9. The summed E-state index contributed by atoms with van der Waals surface area (Å²) in [5.41, 5.74) is 4.46. The van der Waals surface area contributed by atoms with Gasteiger partial charge in [0.05, 0.1) is 18.6 Å². The van der Waals surface area contributed by atoms with Gasteiger partial charge in [-0.25, -0.2) is 10.0 Å². The number of phenols is 1. The number of aromatic nitrogens is 2. The molecule has 0 unspecified atom stereocenters. The summed E-state index contributed by atoms with van der Waals surface area (Å²) in [6.45, 7) is 6.53. The second-order valence-corrected chi connectivity index (χ2v) is 11.4. The van der Waals surface area contributed by atoms with Gasteiger partial charge in [-0.3, -0.25) is 19.5 Å². The standard InChI is InChI=1S/C34H36N6O4/c1-3-18-38-22-32(43)39-29(19-25-12-15-27(41)16-13-25)34(44)37(20-26-10-7-11-28-23(2)35-36-33(26)28)21-30(39)40(38)31(42)17-14-24-8-5-4-6-9-24/h3-13,15-16,29-30,41H,1,14,17-22H2,2H3,(H,35,36)/t29-,30-/m0/s1. The summed E-state index contributed by atoms with van der Waals surface area (Å²) in [6, 6.07) is 21.5. The van der Waals surface area contributed by atoms with Crippen LogP contribution in [0.1, 0.15) is 28.8 Å². The maximum absolute atomic E-state index is 14.3. The lowest BCUT2D eigenvalue weighted by atomic mass is 9.97. The Kier molecular flexibility index (Phi) is 8.17. The van der Waals surface area contributed by atoms with Gasteiger partial charge in [0.2, 0.25) is 17.7 Å². The first kappa shape index (κ1) is 29.1. The molecule has 0 spiro atoms. The minimum atomic E-state index is -0.832. The number of piperazine rings is 1. The molecule has 226 valence electrons. The number of nitrogens with one attached hydrogen (secondary N) is 1. The summed E-state index contributed by atoms with van der Waals surface area (Å²) in [4.78, 5) is 45.4. The van der Waals surface area contributed by atoms with Crippen molar-refractivity contribution in [2.45, 2.75) is 44.9 Å². The van der Waals surface area contributed by atoms with E-state index in [0.29, 0.717) is 13.0 Å². The molecule has 0 radical (unpaired) electrons. The zero-order valence-electron chi connectivity index (χ0n) is 24.7. The number of hydrogen-bond donors (Lipinski definition) is 2. The van der Waals surface area contributed by atoms with E-state index in [0.717, 1.165) is 33.3 Å². The van der Waals surface area contributed by atoms with Crippen LogP contribution in [0.5, 0.6) is 5.75 Å². The molecule has 3 amide bonds. The molecule has 2 atom stereocenters. The highest BCUT2D eigenvalue weighted by molar-refractivity contribution is 5.92. The number of rotatable bonds is 9. The minimum absolute atomic E-state index is 0.0369. The fraction of sp³-hybridized carbons (Fsp3) is 0.294.